The first-order valence-electron chi connectivity index (χ1n) is 5.95. The van der Waals surface area contributed by atoms with Crippen LogP contribution in [0.4, 0.5) is 4.39 Å². The van der Waals surface area contributed by atoms with Crippen LogP contribution in [-0.2, 0) is 11.2 Å². The van der Waals surface area contributed by atoms with Crippen LogP contribution in [0.1, 0.15) is 24.2 Å². The molecule has 3 nitrogen and oxygen atoms in total. The Morgan fingerprint density at radius 3 is 2.94 bits per heavy atom. The predicted octanol–water partition coefficient (Wildman–Crippen LogP) is 2.06. The molecule has 1 aliphatic heterocycles. The lowest BCUT2D eigenvalue weighted by Crippen LogP contribution is -2.33. The summed E-state index contributed by atoms with van der Waals surface area (Å²) in [4.78, 5) is 0. The molecule has 1 fully saturated rings. The fraction of sp³-hybridized carbons (Fsp3) is 0.538. The largest absolute Gasteiger partial charge is 0.493 e. The van der Waals surface area contributed by atoms with Crippen LogP contribution in [0.15, 0.2) is 12.1 Å². The van der Waals surface area contributed by atoms with Gasteiger partial charge in [0, 0.05) is 18.7 Å². The molecule has 17 heavy (non-hydrogen) atoms. The average Bonchev–Trinajstić information content (AvgIpc) is 2.38. The van der Waals surface area contributed by atoms with Crippen molar-refractivity contribution >= 4 is 0 Å². The normalized spacial score (nSPS) is 20.3. The quantitative estimate of drug-likeness (QED) is 0.875. The van der Waals surface area contributed by atoms with Crippen molar-refractivity contribution in [2.75, 3.05) is 26.8 Å². The Labute approximate surface area is 101 Å². The van der Waals surface area contributed by atoms with E-state index in [9.17, 15) is 4.39 Å². The summed E-state index contributed by atoms with van der Waals surface area (Å²) < 4.78 is 24.6. The maximum Gasteiger partial charge on any atom is 0.165 e. The van der Waals surface area contributed by atoms with E-state index in [1.54, 1.807) is 0 Å². The van der Waals surface area contributed by atoms with E-state index in [0.717, 1.165) is 24.1 Å². The van der Waals surface area contributed by atoms with Crippen LogP contribution in [0, 0.1) is 5.82 Å². The van der Waals surface area contributed by atoms with E-state index in [2.05, 4.69) is 5.32 Å². The number of methoxy groups -OCH3 is 1. The molecule has 0 bridgehead atoms. The van der Waals surface area contributed by atoms with E-state index in [4.69, 9.17) is 9.47 Å². The number of hydrogen-bond acceptors (Lipinski definition) is 3. The van der Waals surface area contributed by atoms with Gasteiger partial charge in [-0.15, -0.1) is 0 Å². The van der Waals surface area contributed by atoms with Crippen LogP contribution >= 0.6 is 0 Å². The van der Waals surface area contributed by atoms with Gasteiger partial charge in [-0.25, -0.2) is 4.39 Å². The first-order valence-corrected chi connectivity index (χ1v) is 5.95. The van der Waals surface area contributed by atoms with Gasteiger partial charge in [0.25, 0.3) is 0 Å². The fourth-order valence-corrected chi connectivity index (χ4v) is 2.10. The van der Waals surface area contributed by atoms with Gasteiger partial charge in [-0.2, -0.15) is 0 Å². The van der Waals surface area contributed by atoms with Crippen LogP contribution in [0.5, 0.6) is 5.75 Å². The summed E-state index contributed by atoms with van der Waals surface area (Å²) in [5.41, 5.74) is 1.77. The maximum absolute atomic E-state index is 13.9. The third kappa shape index (κ3) is 2.58. The molecule has 1 N–H and O–H groups in total. The molecule has 0 amide bonds. The van der Waals surface area contributed by atoms with Gasteiger partial charge in [-0.1, -0.05) is 6.92 Å². The Balaban J connectivity index is 2.38. The number of rotatable bonds is 3. The van der Waals surface area contributed by atoms with E-state index in [1.807, 2.05) is 13.0 Å². The van der Waals surface area contributed by atoms with Gasteiger partial charge in [-0.3, -0.25) is 0 Å². The fourth-order valence-electron chi connectivity index (χ4n) is 2.10. The molecule has 0 radical (unpaired) electrons. The van der Waals surface area contributed by atoms with E-state index in [0.29, 0.717) is 18.9 Å². The Kier molecular flexibility index (Phi) is 3.97. The Morgan fingerprint density at radius 2 is 2.35 bits per heavy atom. The van der Waals surface area contributed by atoms with Crippen molar-refractivity contribution in [2.45, 2.75) is 19.4 Å². The molecule has 0 spiro atoms. The first-order chi connectivity index (χ1) is 8.26. The minimum atomic E-state index is -0.309. The Hall–Kier alpha value is -1.13. The zero-order chi connectivity index (χ0) is 12.3. The van der Waals surface area contributed by atoms with Crippen molar-refractivity contribution in [2.24, 2.45) is 0 Å². The lowest BCUT2D eigenvalue weighted by Gasteiger charge is -2.26. The summed E-state index contributed by atoms with van der Waals surface area (Å²) >= 11 is 0. The van der Waals surface area contributed by atoms with Gasteiger partial charge in [-0.05, 0) is 24.1 Å². The molecule has 0 aromatic heterocycles. The SMILES string of the molecule is CCc1cc(F)c(OC)c(C2CNCCO2)c1. The summed E-state index contributed by atoms with van der Waals surface area (Å²) in [6.07, 6.45) is 0.674. The Morgan fingerprint density at radius 1 is 1.53 bits per heavy atom. The van der Waals surface area contributed by atoms with Crippen LogP contribution in [0.25, 0.3) is 0 Å². The van der Waals surface area contributed by atoms with E-state index >= 15 is 0 Å². The highest BCUT2D eigenvalue weighted by atomic mass is 19.1. The van der Waals surface area contributed by atoms with Crippen LogP contribution in [-0.4, -0.2) is 26.8 Å². The third-order valence-corrected chi connectivity index (χ3v) is 3.02. The number of hydrogen-bond donors (Lipinski definition) is 1. The minimum absolute atomic E-state index is 0.125. The zero-order valence-electron chi connectivity index (χ0n) is 10.3. The van der Waals surface area contributed by atoms with Crippen molar-refractivity contribution in [1.29, 1.82) is 0 Å². The topological polar surface area (TPSA) is 30.5 Å². The molecule has 4 heteroatoms. The molecular formula is C13H18FNO2. The van der Waals surface area contributed by atoms with Crippen molar-refractivity contribution in [3.05, 3.63) is 29.1 Å². The molecule has 1 aromatic rings. The highest BCUT2D eigenvalue weighted by Gasteiger charge is 2.22. The standard InChI is InChI=1S/C13H18FNO2/c1-3-9-6-10(12-8-15-4-5-17-12)13(16-2)11(14)7-9/h6-7,12,15H,3-5,8H2,1-2H3. The summed E-state index contributed by atoms with van der Waals surface area (Å²) in [6, 6.07) is 3.50. The molecule has 1 unspecified atom stereocenters. The molecule has 0 aliphatic carbocycles. The molecule has 0 saturated carbocycles. The second-order valence-electron chi connectivity index (χ2n) is 4.12. The molecule has 1 heterocycles. The zero-order valence-corrected chi connectivity index (χ0v) is 10.3. The summed E-state index contributed by atoms with van der Waals surface area (Å²) in [6.45, 7) is 4.19. The van der Waals surface area contributed by atoms with Gasteiger partial charge < -0.3 is 14.8 Å². The van der Waals surface area contributed by atoms with Gasteiger partial charge in [0.1, 0.15) is 0 Å². The summed E-state index contributed by atoms with van der Waals surface area (Å²) in [7, 11) is 1.49. The number of ether oxygens (including phenoxy) is 2. The number of morpholine rings is 1. The molecule has 1 atom stereocenters. The van der Waals surface area contributed by atoms with Crippen LogP contribution < -0.4 is 10.1 Å². The number of halogens is 1. The van der Waals surface area contributed by atoms with Crippen molar-refractivity contribution in [3.63, 3.8) is 0 Å². The smallest absolute Gasteiger partial charge is 0.165 e. The minimum Gasteiger partial charge on any atom is -0.493 e. The monoisotopic (exact) mass is 239 g/mol. The van der Waals surface area contributed by atoms with Crippen LogP contribution in [0.3, 0.4) is 0 Å². The number of benzene rings is 1. The average molecular weight is 239 g/mol. The van der Waals surface area contributed by atoms with E-state index in [1.165, 1.54) is 13.2 Å². The highest BCUT2D eigenvalue weighted by molar-refractivity contribution is 5.40. The predicted molar refractivity (Wildman–Crippen MR) is 63.9 cm³/mol. The maximum atomic E-state index is 13.9. The number of nitrogens with one attached hydrogen (secondary N) is 1. The number of aryl methyl sites for hydroxylation is 1. The molecule has 94 valence electrons. The Bertz CT molecular complexity index is 389. The molecular weight excluding hydrogens is 221 g/mol. The third-order valence-electron chi connectivity index (χ3n) is 3.02. The van der Waals surface area contributed by atoms with Crippen LogP contribution in [0.2, 0.25) is 0 Å². The molecule has 1 aliphatic rings. The van der Waals surface area contributed by atoms with Crippen molar-refractivity contribution in [3.8, 4) is 5.75 Å². The molecule has 2 rings (SSSR count). The van der Waals surface area contributed by atoms with E-state index < -0.39 is 0 Å². The first kappa shape index (κ1) is 12.3. The summed E-state index contributed by atoms with van der Waals surface area (Å²) in [5, 5.41) is 3.24. The lowest BCUT2D eigenvalue weighted by molar-refractivity contribution is 0.0259. The van der Waals surface area contributed by atoms with E-state index in [-0.39, 0.29) is 11.9 Å². The molecule has 1 saturated heterocycles. The lowest BCUT2D eigenvalue weighted by atomic mass is 10.0. The summed E-state index contributed by atoms with van der Waals surface area (Å²) in [5.74, 6) is -0.00748. The van der Waals surface area contributed by atoms with Gasteiger partial charge in [0.2, 0.25) is 0 Å². The van der Waals surface area contributed by atoms with Crippen molar-refractivity contribution in [1.82, 2.24) is 5.32 Å². The van der Waals surface area contributed by atoms with Gasteiger partial charge in [0.15, 0.2) is 11.6 Å². The highest BCUT2D eigenvalue weighted by Crippen LogP contribution is 2.32. The van der Waals surface area contributed by atoms with Crippen molar-refractivity contribution < 1.29 is 13.9 Å². The second-order valence-corrected chi connectivity index (χ2v) is 4.12. The van der Waals surface area contributed by atoms with Gasteiger partial charge >= 0.3 is 0 Å². The molecule has 1 aromatic carbocycles. The second kappa shape index (κ2) is 5.47. The van der Waals surface area contributed by atoms with Gasteiger partial charge in [0.05, 0.1) is 19.8 Å².